The topological polar surface area (TPSA) is 148 Å². The zero-order valence-electron chi connectivity index (χ0n) is 28.0. The third-order valence-corrected chi connectivity index (χ3v) is 10.9. The van der Waals surface area contributed by atoms with Gasteiger partial charge in [-0.2, -0.15) is 22.7 Å². The summed E-state index contributed by atoms with van der Waals surface area (Å²) < 4.78 is 42.6. The normalized spacial score (nSPS) is 15.5. The van der Waals surface area contributed by atoms with E-state index in [-0.39, 0.29) is 64.6 Å². The summed E-state index contributed by atoms with van der Waals surface area (Å²) in [5.41, 5.74) is -0.0000719. The Kier molecular flexibility index (Phi) is 9.23. The van der Waals surface area contributed by atoms with Crippen LogP contribution in [0, 0.1) is 6.92 Å². The number of aromatic hydroxyl groups is 1. The van der Waals surface area contributed by atoms with E-state index in [1.807, 2.05) is 30.5 Å². The van der Waals surface area contributed by atoms with Crippen molar-refractivity contribution in [3.63, 3.8) is 0 Å². The highest BCUT2D eigenvalue weighted by molar-refractivity contribution is 7.98. The van der Waals surface area contributed by atoms with Gasteiger partial charge in [0.05, 0.1) is 22.0 Å². The van der Waals surface area contributed by atoms with E-state index in [1.54, 1.807) is 28.2 Å². The molecule has 5 aromatic rings. The standard InChI is InChI=1S/C35H32ClF3N8O4S/c1-19-29(49)28(41-18-40-19)32(51)45-14-12-34(13-15-45)11-3-4-25-27(34)31(50)47-33(43-30(44-47)20-5-8-22(52-2)9-6-20)46(25)17-26(48)42-24-10-7-21(16-23(24)36)35(37,38)39/h5-10,16,18,49H,3-4,11-15,17H2,1-2H3,(H,42,48). The highest BCUT2D eigenvalue weighted by Gasteiger charge is 2.45. The van der Waals surface area contributed by atoms with E-state index in [9.17, 15) is 32.7 Å². The summed E-state index contributed by atoms with van der Waals surface area (Å²) in [6, 6.07) is 10.2. The van der Waals surface area contributed by atoms with Crippen LogP contribution in [0.15, 0.2) is 58.5 Å². The predicted octanol–water partition coefficient (Wildman–Crippen LogP) is 5.91. The summed E-state index contributed by atoms with van der Waals surface area (Å²) in [5, 5.41) is 17.4. The fourth-order valence-corrected chi connectivity index (χ4v) is 7.81. The van der Waals surface area contributed by atoms with Crippen molar-refractivity contribution in [2.75, 3.05) is 24.7 Å². The molecule has 0 unspecified atom stereocenters. The van der Waals surface area contributed by atoms with Crippen LogP contribution < -0.4 is 10.9 Å². The minimum Gasteiger partial charge on any atom is -0.504 e. The van der Waals surface area contributed by atoms with Crippen molar-refractivity contribution in [1.82, 2.24) is 34.0 Å². The van der Waals surface area contributed by atoms with Crippen LogP contribution >= 0.6 is 23.4 Å². The van der Waals surface area contributed by atoms with E-state index < -0.39 is 29.0 Å². The average Bonchev–Trinajstić information content (AvgIpc) is 3.58. The Hall–Kier alpha value is -4.96. The Balaban J connectivity index is 1.27. The van der Waals surface area contributed by atoms with Crippen LogP contribution in [0.1, 0.15) is 58.7 Å². The lowest BCUT2D eigenvalue weighted by atomic mass is 9.66. The van der Waals surface area contributed by atoms with E-state index in [2.05, 4.69) is 20.4 Å². The van der Waals surface area contributed by atoms with E-state index in [4.69, 9.17) is 16.6 Å². The molecule has 1 saturated heterocycles. The number of hydrogen-bond acceptors (Lipinski definition) is 9. The predicted molar refractivity (Wildman–Crippen MR) is 188 cm³/mol. The van der Waals surface area contributed by atoms with Crippen LogP contribution in [0.5, 0.6) is 5.75 Å². The number of aromatic nitrogens is 6. The van der Waals surface area contributed by atoms with Crippen LogP contribution in [0.4, 0.5) is 18.9 Å². The number of benzene rings is 2. The molecule has 2 aliphatic rings. The summed E-state index contributed by atoms with van der Waals surface area (Å²) in [7, 11) is 0. The van der Waals surface area contributed by atoms with Gasteiger partial charge in [-0.05, 0) is 75.6 Å². The third kappa shape index (κ3) is 6.38. The van der Waals surface area contributed by atoms with E-state index >= 15 is 0 Å². The van der Waals surface area contributed by atoms with Crippen LogP contribution in [0.3, 0.4) is 0 Å². The SMILES string of the molecule is CSc1ccc(-c2nc3n(CC(=O)Nc4ccc(C(F)(F)F)cc4Cl)c4c(c(=O)n3n2)C2(CCC4)CCN(C(=O)c3ncnc(C)c3O)CC2)cc1. The van der Waals surface area contributed by atoms with Gasteiger partial charge < -0.3 is 19.9 Å². The Labute approximate surface area is 304 Å². The van der Waals surface area contributed by atoms with Gasteiger partial charge in [0, 0.05) is 40.2 Å². The summed E-state index contributed by atoms with van der Waals surface area (Å²) in [6.45, 7) is 1.82. The molecule has 270 valence electrons. The minimum atomic E-state index is -4.61. The Morgan fingerprint density at radius 3 is 2.48 bits per heavy atom. The number of carbonyl (C=O) groups is 2. The molecule has 2 N–H and O–H groups in total. The second-order valence-corrected chi connectivity index (χ2v) is 14.2. The van der Waals surface area contributed by atoms with Gasteiger partial charge in [-0.15, -0.1) is 16.9 Å². The minimum absolute atomic E-state index is 0.0000614. The first-order valence-electron chi connectivity index (χ1n) is 16.4. The quantitative estimate of drug-likeness (QED) is 0.202. The van der Waals surface area contributed by atoms with Crippen LogP contribution in [0.25, 0.3) is 17.2 Å². The molecule has 0 bridgehead atoms. The van der Waals surface area contributed by atoms with Crippen molar-refractivity contribution in [3.8, 4) is 17.1 Å². The first-order chi connectivity index (χ1) is 24.8. The summed E-state index contributed by atoms with van der Waals surface area (Å²) in [5.74, 6) is -0.888. The lowest BCUT2D eigenvalue weighted by molar-refractivity contribution is -0.137. The Morgan fingerprint density at radius 1 is 1.08 bits per heavy atom. The van der Waals surface area contributed by atoms with Crippen molar-refractivity contribution in [3.05, 3.63) is 92.4 Å². The van der Waals surface area contributed by atoms with Crippen molar-refractivity contribution in [1.29, 1.82) is 0 Å². The number of carbonyl (C=O) groups excluding carboxylic acids is 2. The first kappa shape index (κ1) is 35.4. The molecule has 1 spiro atoms. The molecule has 1 aliphatic carbocycles. The molecule has 0 atom stereocenters. The van der Waals surface area contributed by atoms with Crippen molar-refractivity contribution >= 4 is 46.6 Å². The molecule has 0 radical (unpaired) electrons. The number of nitrogens with one attached hydrogen (secondary N) is 1. The zero-order chi connectivity index (χ0) is 36.9. The van der Waals surface area contributed by atoms with Crippen molar-refractivity contribution in [2.24, 2.45) is 0 Å². The number of hydrogen-bond donors (Lipinski definition) is 2. The molecule has 2 aromatic carbocycles. The fraction of sp³-hybridized carbons (Fsp3) is 0.343. The monoisotopic (exact) mass is 752 g/mol. The van der Waals surface area contributed by atoms with E-state index in [1.165, 1.54) is 10.8 Å². The number of alkyl halides is 3. The summed E-state index contributed by atoms with van der Waals surface area (Å²) in [4.78, 5) is 56.8. The molecule has 12 nitrogen and oxygen atoms in total. The zero-order valence-corrected chi connectivity index (χ0v) is 29.6. The van der Waals surface area contributed by atoms with Gasteiger partial charge >= 0.3 is 6.18 Å². The van der Waals surface area contributed by atoms with Crippen LogP contribution in [-0.2, 0) is 29.4 Å². The molecule has 2 amide bonds. The van der Waals surface area contributed by atoms with Crippen LogP contribution in [-0.4, -0.2) is 70.3 Å². The Morgan fingerprint density at radius 2 is 1.81 bits per heavy atom. The number of amides is 2. The number of piperidine rings is 1. The van der Waals surface area contributed by atoms with Crippen molar-refractivity contribution in [2.45, 2.75) is 62.1 Å². The molecule has 1 fully saturated rings. The van der Waals surface area contributed by atoms with Crippen LogP contribution in [0.2, 0.25) is 5.02 Å². The maximum atomic E-state index is 14.5. The molecule has 17 heteroatoms. The van der Waals surface area contributed by atoms with Gasteiger partial charge in [-0.1, -0.05) is 23.7 Å². The maximum absolute atomic E-state index is 14.5. The smallest absolute Gasteiger partial charge is 0.416 e. The summed E-state index contributed by atoms with van der Waals surface area (Å²) >= 11 is 7.72. The molecule has 7 rings (SSSR count). The van der Waals surface area contributed by atoms with Gasteiger partial charge in [0.2, 0.25) is 11.7 Å². The fourth-order valence-electron chi connectivity index (χ4n) is 7.18. The van der Waals surface area contributed by atoms with Gasteiger partial charge in [-0.25, -0.2) is 9.97 Å². The van der Waals surface area contributed by atoms with E-state index in [0.29, 0.717) is 48.9 Å². The molecular weight excluding hydrogens is 721 g/mol. The second-order valence-electron chi connectivity index (χ2n) is 12.9. The third-order valence-electron chi connectivity index (χ3n) is 9.89. The van der Waals surface area contributed by atoms with E-state index in [0.717, 1.165) is 23.1 Å². The number of likely N-dealkylation sites (tertiary alicyclic amines) is 1. The lowest BCUT2D eigenvalue weighted by Crippen LogP contribution is -2.50. The number of anilines is 1. The Bertz CT molecular complexity index is 2290. The van der Waals surface area contributed by atoms with Gasteiger partial charge in [0.1, 0.15) is 12.9 Å². The molecule has 52 heavy (non-hydrogen) atoms. The maximum Gasteiger partial charge on any atom is 0.416 e. The lowest BCUT2D eigenvalue weighted by Gasteiger charge is -2.45. The second kappa shape index (κ2) is 13.5. The molecular formula is C35H32ClF3N8O4S. The largest absolute Gasteiger partial charge is 0.504 e. The summed E-state index contributed by atoms with van der Waals surface area (Å²) in [6.07, 6.45) is 1.24. The number of fused-ring (bicyclic) bond motifs is 3. The highest BCUT2D eigenvalue weighted by Crippen LogP contribution is 2.44. The number of aryl methyl sites for hydroxylation is 1. The molecule has 0 saturated carbocycles. The molecule has 4 heterocycles. The van der Waals surface area contributed by atoms with Gasteiger partial charge in [-0.3, -0.25) is 14.4 Å². The van der Waals surface area contributed by atoms with Crippen molar-refractivity contribution < 1.29 is 27.9 Å². The average molecular weight is 753 g/mol. The number of thioether (sulfide) groups is 1. The first-order valence-corrected chi connectivity index (χ1v) is 18.0. The molecule has 1 aliphatic heterocycles. The number of rotatable bonds is 6. The van der Waals surface area contributed by atoms with Gasteiger partial charge in [0.25, 0.3) is 11.5 Å². The molecule has 3 aromatic heterocycles. The van der Waals surface area contributed by atoms with Gasteiger partial charge in [0.15, 0.2) is 17.3 Å². The number of halogens is 4. The highest BCUT2D eigenvalue weighted by atomic mass is 35.5. The number of nitrogens with zero attached hydrogens (tertiary/aromatic N) is 7.